The van der Waals surface area contributed by atoms with Crippen LogP contribution in [0.4, 0.5) is 0 Å². The predicted molar refractivity (Wildman–Crippen MR) is 95.5 cm³/mol. The molecule has 0 spiro atoms. The summed E-state index contributed by atoms with van der Waals surface area (Å²) >= 11 is 11.7. The van der Waals surface area contributed by atoms with E-state index >= 15 is 0 Å². The second kappa shape index (κ2) is 7.29. The molecule has 1 amide bonds. The molecule has 0 unspecified atom stereocenters. The van der Waals surface area contributed by atoms with Gasteiger partial charge in [0.15, 0.2) is 0 Å². The third-order valence-electron chi connectivity index (χ3n) is 3.28. The Bertz CT molecular complexity index is 870. The standard InChI is InChI=1S/C17H12Cl2N4O/c18-14-5-1-11(2-6-14)16-13(9-20-22-16)10-21-23-17(24)12-3-7-15(19)8-4-12/h1-10H,(H,20,22)(H,23,24)/b21-10+. The molecule has 2 aromatic carbocycles. The predicted octanol–water partition coefficient (Wildman–Crippen LogP) is 4.15. The average molecular weight is 359 g/mol. The van der Waals surface area contributed by atoms with E-state index in [1.54, 1.807) is 42.6 Å². The minimum absolute atomic E-state index is 0.320. The van der Waals surface area contributed by atoms with Crippen LogP contribution in [0.15, 0.2) is 59.8 Å². The van der Waals surface area contributed by atoms with Crippen LogP contribution >= 0.6 is 23.2 Å². The summed E-state index contributed by atoms with van der Waals surface area (Å²) in [5, 5.41) is 12.1. The van der Waals surface area contributed by atoms with Crippen molar-refractivity contribution in [3.63, 3.8) is 0 Å². The van der Waals surface area contributed by atoms with E-state index in [0.717, 1.165) is 16.8 Å². The van der Waals surface area contributed by atoms with Crippen molar-refractivity contribution in [2.75, 3.05) is 0 Å². The number of carbonyl (C=O) groups is 1. The topological polar surface area (TPSA) is 70.1 Å². The van der Waals surface area contributed by atoms with Crippen LogP contribution in [0.1, 0.15) is 15.9 Å². The molecular formula is C17H12Cl2N4O. The van der Waals surface area contributed by atoms with Gasteiger partial charge in [0.05, 0.1) is 18.1 Å². The zero-order chi connectivity index (χ0) is 16.9. The first-order valence-corrected chi connectivity index (χ1v) is 7.77. The third kappa shape index (κ3) is 3.82. The maximum Gasteiger partial charge on any atom is 0.271 e. The van der Waals surface area contributed by atoms with Gasteiger partial charge in [0.25, 0.3) is 5.91 Å². The van der Waals surface area contributed by atoms with Crippen molar-refractivity contribution in [2.24, 2.45) is 5.10 Å². The van der Waals surface area contributed by atoms with Crippen LogP contribution < -0.4 is 5.43 Å². The number of aromatic nitrogens is 2. The van der Waals surface area contributed by atoms with Crippen LogP contribution in [0.5, 0.6) is 0 Å². The molecule has 0 atom stereocenters. The van der Waals surface area contributed by atoms with Gasteiger partial charge in [-0.05, 0) is 36.4 Å². The fourth-order valence-corrected chi connectivity index (χ4v) is 2.32. The number of rotatable bonds is 4. The van der Waals surface area contributed by atoms with Crippen molar-refractivity contribution in [3.05, 3.63) is 75.9 Å². The molecule has 0 saturated carbocycles. The number of amides is 1. The lowest BCUT2D eigenvalue weighted by Gasteiger charge is -2.01. The molecular weight excluding hydrogens is 347 g/mol. The fourth-order valence-electron chi connectivity index (χ4n) is 2.07. The Morgan fingerprint density at radius 2 is 1.67 bits per heavy atom. The Morgan fingerprint density at radius 1 is 1.04 bits per heavy atom. The van der Waals surface area contributed by atoms with Gasteiger partial charge in [0, 0.05) is 26.7 Å². The summed E-state index contributed by atoms with van der Waals surface area (Å²) in [6.45, 7) is 0. The SMILES string of the molecule is O=C(N/N=C/c1cn[nH]c1-c1ccc(Cl)cc1)c1ccc(Cl)cc1. The number of aromatic amines is 1. The Labute approximate surface area is 148 Å². The van der Waals surface area contributed by atoms with Gasteiger partial charge in [-0.15, -0.1) is 0 Å². The van der Waals surface area contributed by atoms with Crippen LogP contribution in [0.25, 0.3) is 11.3 Å². The highest BCUT2D eigenvalue weighted by molar-refractivity contribution is 6.31. The summed E-state index contributed by atoms with van der Waals surface area (Å²) in [5.74, 6) is -0.320. The zero-order valence-corrected chi connectivity index (χ0v) is 13.8. The summed E-state index contributed by atoms with van der Waals surface area (Å²) < 4.78 is 0. The number of H-pyrrole nitrogens is 1. The summed E-state index contributed by atoms with van der Waals surface area (Å²) in [4.78, 5) is 12.0. The molecule has 0 fully saturated rings. The van der Waals surface area contributed by atoms with Crippen LogP contribution in [0.3, 0.4) is 0 Å². The van der Waals surface area contributed by atoms with E-state index < -0.39 is 0 Å². The molecule has 120 valence electrons. The van der Waals surface area contributed by atoms with E-state index in [0.29, 0.717) is 15.6 Å². The lowest BCUT2D eigenvalue weighted by atomic mass is 10.1. The molecule has 1 heterocycles. The van der Waals surface area contributed by atoms with E-state index in [4.69, 9.17) is 23.2 Å². The molecule has 0 radical (unpaired) electrons. The number of carbonyl (C=O) groups excluding carboxylic acids is 1. The van der Waals surface area contributed by atoms with Crippen molar-refractivity contribution in [1.82, 2.24) is 15.6 Å². The second-order valence-corrected chi connectivity index (χ2v) is 5.79. The largest absolute Gasteiger partial charge is 0.277 e. The minimum atomic E-state index is -0.320. The van der Waals surface area contributed by atoms with Crippen LogP contribution in [0.2, 0.25) is 10.0 Å². The first kappa shape index (κ1) is 16.2. The number of nitrogens with zero attached hydrogens (tertiary/aromatic N) is 2. The van der Waals surface area contributed by atoms with E-state index in [1.807, 2.05) is 12.1 Å². The van der Waals surface area contributed by atoms with Crippen molar-refractivity contribution in [3.8, 4) is 11.3 Å². The number of hydrogen-bond acceptors (Lipinski definition) is 3. The normalized spacial score (nSPS) is 10.9. The first-order valence-electron chi connectivity index (χ1n) is 7.02. The summed E-state index contributed by atoms with van der Waals surface area (Å²) in [5.41, 5.74) is 5.39. The molecule has 0 aliphatic rings. The maximum absolute atomic E-state index is 12.0. The molecule has 3 rings (SSSR count). The van der Waals surface area contributed by atoms with Crippen molar-refractivity contribution in [1.29, 1.82) is 0 Å². The molecule has 5 nitrogen and oxygen atoms in total. The highest BCUT2D eigenvalue weighted by Crippen LogP contribution is 2.21. The van der Waals surface area contributed by atoms with Gasteiger partial charge < -0.3 is 0 Å². The highest BCUT2D eigenvalue weighted by atomic mass is 35.5. The summed E-state index contributed by atoms with van der Waals surface area (Å²) in [7, 11) is 0. The van der Waals surface area contributed by atoms with Gasteiger partial charge in [-0.2, -0.15) is 10.2 Å². The molecule has 0 bridgehead atoms. The van der Waals surface area contributed by atoms with Crippen LogP contribution in [0, 0.1) is 0 Å². The summed E-state index contributed by atoms with van der Waals surface area (Å²) in [6.07, 6.45) is 3.16. The van der Waals surface area contributed by atoms with Crippen LogP contribution in [-0.2, 0) is 0 Å². The number of benzene rings is 2. The van der Waals surface area contributed by atoms with E-state index in [-0.39, 0.29) is 5.91 Å². The molecule has 0 saturated heterocycles. The average Bonchev–Trinajstić information content (AvgIpc) is 3.04. The van der Waals surface area contributed by atoms with Crippen molar-refractivity contribution < 1.29 is 4.79 Å². The van der Waals surface area contributed by atoms with Gasteiger partial charge in [-0.25, -0.2) is 5.43 Å². The number of nitrogens with one attached hydrogen (secondary N) is 2. The lowest BCUT2D eigenvalue weighted by Crippen LogP contribution is -2.17. The molecule has 0 aliphatic carbocycles. The molecule has 24 heavy (non-hydrogen) atoms. The molecule has 2 N–H and O–H groups in total. The Morgan fingerprint density at radius 3 is 2.33 bits per heavy atom. The van der Waals surface area contributed by atoms with Gasteiger partial charge in [-0.1, -0.05) is 35.3 Å². The minimum Gasteiger partial charge on any atom is -0.277 e. The monoisotopic (exact) mass is 358 g/mol. The Hall–Kier alpha value is -2.63. The number of hydrogen-bond donors (Lipinski definition) is 2. The quantitative estimate of drug-likeness (QED) is 0.543. The Kier molecular flexibility index (Phi) is 4.93. The van der Waals surface area contributed by atoms with Crippen LogP contribution in [-0.4, -0.2) is 22.3 Å². The number of halogens is 2. The van der Waals surface area contributed by atoms with Gasteiger partial charge in [0.2, 0.25) is 0 Å². The third-order valence-corrected chi connectivity index (χ3v) is 3.78. The molecule has 1 aromatic heterocycles. The van der Waals surface area contributed by atoms with Gasteiger partial charge >= 0.3 is 0 Å². The van der Waals surface area contributed by atoms with E-state index in [2.05, 4.69) is 20.7 Å². The van der Waals surface area contributed by atoms with E-state index in [1.165, 1.54) is 6.21 Å². The zero-order valence-electron chi connectivity index (χ0n) is 12.3. The first-order chi connectivity index (χ1) is 11.6. The lowest BCUT2D eigenvalue weighted by molar-refractivity contribution is 0.0955. The highest BCUT2D eigenvalue weighted by Gasteiger charge is 2.07. The molecule has 7 heteroatoms. The second-order valence-electron chi connectivity index (χ2n) is 4.91. The van der Waals surface area contributed by atoms with Crippen molar-refractivity contribution >= 4 is 35.3 Å². The molecule has 3 aromatic rings. The van der Waals surface area contributed by atoms with Crippen molar-refractivity contribution in [2.45, 2.75) is 0 Å². The fraction of sp³-hybridized carbons (Fsp3) is 0. The summed E-state index contributed by atoms with van der Waals surface area (Å²) in [6, 6.07) is 13.9. The smallest absolute Gasteiger partial charge is 0.271 e. The van der Waals surface area contributed by atoms with Gasteiger partial charge in [-0.3, -0.25) is 9.89 Å². The van der Waals surface area contributed by atoms with E-state index in [9.17, 15) is 4.79 Å². The maximum atomic E-state index is 12.0. The van der Waals surface area contributed by atoms with Gasteiger partial charge in [0.1, 0.15) is 0 Å². The Balaban J connectivity index is 1.71. The molecule has 0 aliphatic heterocycles. The number of hydrazone groups is 1.